The van der Waals surface area contributed by atoms with Crippen LogP contribution in [0.3, 0.4) is 0 Å². The third-order valence-corrected chi connectivity index (χ3v) is 2.32. The first-order valence-corrected chi connectivity index (χ1v) is 5.07. The van der Waals surface area contributed by atoms with Crippen molar-refractivity contribution in [3.05, 3.63) is 15.9 Å². The van der Waals surface area contributed by atoms with Crippen LogP contribution in [0.15, 0.2) is 4.79 Å². The number of aromatic nitrogens is 2. The van der Waals surface area contributed by atoms with Gasteiger partial charge >= 0.3 is 0 Å². The Morgan fingerprint density at radius 3 is 2.40 bits per heavy atom. The highest BCUT2D eigenvalue weighted by molar-refractivity contribution is 5.43. The highest BCUT2D eigenvalue weighted by atomic mass is 16.1. The molecule has 0 spiro atoms. The van der Waals surface area contributed by atoms with Crippen LogP contribution in [-0.4, -0.2) is 9.97 Å². The zero-order valence-corrected chi connectivity index (χ0v) is 9.37. The van der Waals surface area contributed by atoms with Gasteiger partial charge < -0.3 is 11.5 Å². The van der Waals surface area contributed by atoms with Crippen LogP contribution in [0.1, 0.15) is 38.7 Å². The summed E-state index contributed by atoms with van der Waals surface area (Å²) in [6.07, 6.45) is 0.902. The number of rotatable bonds is 3. The second kappa shape index (κ2) is 4.33. The van der Waals surface area contributed by atoms with Gasteiger partial charge in [0, 0.05) is 0 Å². The molecule has 84 valence electrons. The lowest BCUT2D eigenvalue weighted by atomic mass is 9.93. The second-order valence-corrected chi connectivity index (χ2v) is 4.28. The van der Waals surface area contributed by atoms with Crippen LogP contribution >= 0.6 is 0 Å². The summed E-state index contributed by atoms with van der Waals surface area (Å²) in [6, 6.07) is 0. The van der Waals surface area contributed by atoms with Gasteiger partial charge in [-0.25, -0.2) is 0 Å². The molecule has 5 N–H and O–H groups in total. The van der Waals surface area contributed by atoms with E-state index in [-0.39, 0.29) is 23.2 Å². The summed E-state index contributed by atoms with van der Waals surface area (Å²) in [4.78, 5) is 18.0. The van der Waals surface area contributed by atoms with Gasteiger partial charge in [0.15, 0.2) is 0 Å². The van der Waals surface area contributed by atoms with Crippen molar-refractivity contribution in [2.24, 2.45) is 5.92 Å². The second-order valence-electron chi connectivity index (χ2n) is 4.28. The van der Waals surface area contributed by atoms with E-state index in [1.54, 1.807) is 0 Å². The molecular weight excluding hydrogens is 192 g/mol. The van der Waals surface area contributed by atoms with Crippen molar-refractivity contribution < 1.29 is 0 Å². The molecular formula is C10H18N4O. The van der Waals surface area contributed by atoms with Crippen molar-refractivity contribution >= 4 is 11.8 Å². The summed E-state index contributed by atoms with van der Waals surface area (Å²) in [5.41, 5.74) is 11.4. The van der Waals surface area contributed by atoms with Gasteiger partial charge in [0.25, 0.3) is 5.56 Å². The number of nitrogens with two attached hydrogens (primary N) is 2. The largest absolute Gasteiger partial charge is 0.383 e. The van der Waals surface area contributed by atoms with Gasteiger partial charge in [-0.1, -0.05) is 20.8 Å². The predicted molar refractivity (Wildman–Crippen MR) is 61.6 cm³/mol. The molecule has 1 aromatic heterocycles. The Hall–Kier alpha value is -1.52. The zero-order valence-electron chi connectivity index (χ0n) is 9.37. The molecule has 0 aliphatic rings. The Bertz CT molecular complexity index is 397. The fourth-order valence-electron chi connectivity index (χ4n) is 1.82. The molecule has 0 saturated heterocycles. The van der Waals surface area contributed by atoms with E-state index in [0.29, 0.717) is 11.5 Å². The first-order chi connectivity index (χ1) is 6.91. The van der Waals surface area contributed by atoms with E-state index in [1.165, 1.54) is 0 Å². The number of nitrogens with zero attached hydrogens (tertiary/aromatic N) is 1. The minimum Gasteiger partial charge on any atom is -0.383 e. The van der Waals surface area contributed by atoms with Crippen LogP contribution in [0.5, 0.6) is 0 Å². The molecule has 1 atom stereocenters. The topological polar surface area (TPSA) is 97.8 Å². The fourth-order valence-corrected chi connectivity index (χ4v) is 1.82. The normalized spacial score (nSPS) is 13.1. The summed E-state index contributed by atoms with van der Waals surface area (Å²) in [5.74, 6) is 0.917. The lowest BCUT2D eigenvalue weighted by Gasteiger charge is -2.14. The summed E-state index contributed by atoms with van der Waals surface area (Å²) in [7, 11) is 0. The molecule has 0 aliphatic heterocycles. The third-order valence-electron chi connectivity index (χ3n) is 2.32. The van der Waals surface area contributed by atoms with Crippen molar-refractivity contribution in [2.45, 2.75) is 33.1 Å². The van der Waals surface area contributed by atoms with Crippen LogP contribution in [-0.2, 0) is 0 Å². The molecule has 0 radical (unpaired) electrons. The maximum absolute atomic E-state index is 11.6. The summed E-state index contributed by atoms with van der Waals surface area (Å²) in [6.45, 7) is 6.18. The Kier molecular flexibility index (Phi) is 3.34. The number of hydrogen-bond donors (Lipinski definition) is 3. The number of anilines is 2. The maximum atomic E-state index is 11.6. The molecule has 15 heavy (non-hydrogen) atoms. The molecule has 0 aliphatic carbocycles. The van der Waals surface area contributed by atoms with Crippen molar-refractivity contribution in [3.8, 4) is 0 Å². The van der Waals surface area contributed by atoms with Crippen LogP contribution in [0, 0.1) is 5.92 Å². The molecule has 0 unspecified atom stereocenters. The molecule has 0 bridgehead atoms. The number of H-pyrrole nitrogens is 1. The summed E-state index contributed by atoms with van der Waals surface area (Å²) in [5, 5.41) is 0. The molecule has 1 heterocycles. The van der Waals surface area contributed by atoms with Crippen molar-refractivity contribution in [1.29, 1.82) is 0 Å². The van der Waals surface area contributed by atoms with Gasteiger partial charge in [-0.15, -0.1) is 0 Å². The van der Waals surface area contributed by atoms with E-state index < -0.39 is 0 Å². The zero-order chi connectivity index (χ0) is 11.6. The first-order valence-electron chi connectivity index (χ1n) is 5.07. The van der Waals surface area contributed by atoms with E-state index in [2.05, 4.69) is 23.8 Å². The Labute approximate surface area is 88.9 Å². The first kappa shape index (κ1) is 11.6. The monoisotopic (exact) mass is 210 g/mol. The van der Waals surface area contributed by atoms with Gasteiger partial charge in [0.2, 0.25) is 5.95 Å². The smallest absolute Gasteiger partial charge is 0.257 e. The molecule has 5 heteroatoms. The lowest BCUT2D eigenvalue weighted by molar-refractivity contribution is 0.521. The number of nitrogen functional groups attached to an aromatic ring is 2. The highest BCUT2D eigenvalue weighted by Gasteiger charge is 2.16. The van der Waals surface area contributed by atoms with Gasteiger partial charge in [-0.2, -0.15) is 4.98 Å². The number of hydrogen-bond acceptors (Lipinski definition) is 4. The standard InChI is InChI=1S/C10H18N4O/c1-5(2)4-6(3)7-8(11)13-10(12)14-9(7)15/h5-6H,4H2,1-3H3,(H5,11,12,13,14,15)/t6-/m0/s1. The van der Waals surface area contributed by atoms with Crippen molar-refractivity contribution in [1.82, 2.24) is 9.97 Å². The molecule has 0 saturated carbocycles. The van der Waals surface area contributed by atoms with Gasteiger partial charge in [-0.3, -0.25) is 9.78 Å². The van der Waals surface area contributed by atoms with Gasteiger partial charge in [0.1, 0.15) is 5.82 Å². The summed E-state index contributed by atoms with van der Waals surface area (Å²) < 4.78 is 0. The average molecular weight is 210 g/mol. The maximum Gasteiger partial charge on any atom is 0.257 e. The molecule has 1 aromatic rings. The lowest BCUT2D eigenvalue weighted by Crippen LogP contribution is -2.21. The van der Waals surface area contributed by atoms with Crippen LogP contribution in [0.25, 0.3) is 0 Å². The fraction of sp³-hybridized carbons (Fsp3) is 0.600. The quantitative estimate of drug-likeness (QED) is 0.695. The van der Waals surface area contributed by atoms with Gasteiger partial charge in [-0.05, 0) is 18.3 Å². The molecule has 1 rings (SSSR count). The Balaban J connectivity index is 3.09. The Morgan fingerprint density at radius 2 is 1.93 bits per heavy atom. The van der Waals surface area contributed by atoms with Gasteiger partial charge in [0.05, 0.1) is 5.56 Å². The SMILES string of the molecule is CC(C)C[C@H](C)c1c(N)nc(N)[nH]c1=O. The van der Waals surface area contributed by atoms with E-state index in [0.717, 1.165) is 6.42 Å². The minimum absolute atomic E-state index is 0.0676. The van der Waals surface area contributed by atoms with E-state index in [4.69, 9.17) is 11.5 Å². The van der Waals surface area contributed by atoms with E-state index in [1.807, 2.05) is 6.92 Å². The molecule has 5 nitrogen and oxygen atoms in total. The highest BCUT2D eigenvalue weighted by Crippen LogP contribution is 2.23. The Morgan fingerprint density at radius 1 is 1.33 bits per heavy atom. The number of aromatic amines is 1. The predicted octanol–water partition coefficient (Wildman–Crippen LogP) is 1.08. The minimum atomic E-state index is -0.229. The number of nitrogens with one attached hydrogen (secondary N) is 1. The van der Waals surface area contributed by atoms with E-state index in [9.17, 15) is 4.79 Å². The van der Waals surface area contributed by atoms with Crippen molar-refractivity contribution in [3.63, 3.8) is 0 Å². The molecule has 0 amide bonds. The molecule has 0 fully saturated rings. The van der Waals surface area contributed by atoms with Crippen LogP contribution in [0.2, 0.25) is 0 Å². The van der Waals surface area contributed by atoms with Crippen molar-refractivity contribution in [2.75, 3.05) is 11.5 Å². The average Bonchev–Trinajstić information content (AvgIpc) is 1.99. The summed E-state index contributed by atoms with van der Waals surface area (Å²) >= 11 is 0. The van der Waals surface area contributed by atoms with Crippen LogP contribution in [0.4, 0.5) is 11.8 Å². The molecule has 0 aromatic carbocycles. The van der Waals surface area contributed by atoms with Crippen LogP contribution < -0.4 is 17.0 Å². The van der Waals surface area contributed by atoms with E-state index >= 15 is 0 Å². The third kappa shape index (κ3) is 2.71.